The lowest BCUT2D eigenvalue weighted by Gasteiger charge is -2.09. The van der Waals surface area contributed by atoms with Crippen LogP contribution in [0.3, 0.4) is 0 Å². The average Bonchev–Trinajstić information content (AvgIpc) is 3.04. The van der Waals surface area contributed by atoms with Crippen molar-refractivity contribution in [2.45, 2.75) is 32.8 Å². The van der Waals surface area contributed by atoms with Gasteiger partial charge in [0.15, 0.2) is 0 Å². The summed E-state index contributed by atoms with van der Waals surface area (Å²) in [4.78, 5) is 12.2. The average molecular weight is 304 g/mol. The van der Waals surface area contributed by atoms with E-state index in [0.29, 0.717) is 17.0 Å². The van der Waals surface area contributed by atoms with Gasteiger partial charge in [0.2, 0.25) is 5.76 Å². The molecule has 0 aliphatic rings. The Morgan fingerprint density at radius 1 is 1.45 bits per heavy atom. The standard InChI is InChI=1S/C16H20N2O4/c1-4-10(2)13-8-15(22-18-13)16(20)17-12-5-6-14(21-3)11(7-12)9-19/h5-8,10,19H,4,9H2,1-3H3,(H,17,20). The Labute approximate surface area is 129 Å². The van der Waals surface area contributed by atoms with Crippen LogP contribution in [0.5, 0.6) is 5.75 Å². The number of hydrogen-bond donors (Lipinski definition) is 2. The Morgan fingerprint density at radius 2 is 2.23 bits per heavy atom. The predicted molar refractivity (Wildman–Crippen MR) is 82.1 cm³/mol. The van der Waals surface area contributed by atoms with Crippen LogP contribution in [-0.2, 0) is 6.61 Å². The van der Waals surface area contributed by atoms with E-state index < -0.39 is 0 Å². The van der Waals surface area contributed by atoms with Gasteiger partial charge in [0.25, 0.3) is 5.91 Å². The summed E-state index contributed by atoms with van der Waals surface area (Å²) < 4.78 is 10.2. The van der Waals surface area contributed by atoms with Crippen molar-refractivity contribution in [1.82, 2.24) is 5.16 Å². The Bertz CT molecular complexity index is 651. The van der Waals surface area contributed by atoms with Crippen molar-refractivity contribution in [1.29, 1.82) is 0 Å². The van der Waals surface area contributed by atoms with Crippen molar-refractivity contribution in [3.63, 3.8) is 0 Å². The first-order valence-corrected chi connectivity index (χ1v) is 7.14. The van der Waals surface area contributed by atoms with E-state index in [1.807, 2.05) is 13.8 Å². The van der Waals surface area contributed by atoms with Crippen LogP contribution in [0.2, 0.25) is 0 Å². The Kier molecular flexibility index (Phi) is 5.16. The molecule has 0 bridgehead atoms. The van der Waals surface area contributed by atoms with Crippen molar-refractivity contribution >= 4 is 11.6 Å². The second-order valence-corrected chi connectivity index (χ2v) is 5.06. The molecule has 22 heavy (non-hydrogen) atoms. The number of nitrogens with zero attached hydrogens (tertiary/aromatic N) is 1. The van der Waals surface area contributed by atoms with Crippen LogP contribution in [0, 0.1) is 0 Å². The number of ether oxygens (including phenoxy) is 1. The number of aliphatic hydroxyl groups is 1. The van der Waals surface area contributed by atoms with Crippen LogP contribution in [-0.4, -0.2) is 23.3 Å². The van der Waals surface area contributed by atoms with E-state index in [0.717, 1.165) is 12.1 Å². The summed E-state index contributed by atoms with van der Waals surface area (Å²) in [5.74, 6) is 0.597. The second-order valence-electron chi connectivity index (χ2n) is 5.06. The molecule has 1 heterocycles. The molecule has 1 amide bonds. The summed E-state index contributed by atoms with van der Waals surface area (Å²) >= 11 is 0. The molecule has 2 aromatic rings. The summed E-state index contributed by atoms with van der Waals surface area (Å²) in [7, 11) is 1.53. The molecule has 0 saturated carbocycles. The van der Waals surface area contributed by atoms with E-state index in [1.165, 1.54) is 7.11 Å². The van der Waals surface area contributed by atoms with Gasteiger partial charge in [0.05, 0.1) is 19.4 Å². The lowest BCUT2D eigenvalue weighted by atomic mass is 10.1. The van der Waals surface area contributed by atoms with Crippen molar-refractivity contribution in [2.75, 3.05) is 12.4 Å². The number of hydrogen-bond acceptors (Lipinski definition) is 5. The van der Waals surface area contributed by atoms with Crippen LogP contribution in [0.4, 0.5) is 5.69 Å². The molecule has 2 rings (SSSR count). The highest BCUT2D eigenvalue weighted by molar-refractivity contribution is 6.02. The van der Waals surface area contributed by atoms with Gasteiger partial charge in [-0.1, -0.05) is 19.0 Å². The van der Waals surface area contributed by atoms with Gasteiger partial charge in [0.1, 0.15) is 5.75 Å². The number of benzene rings is 1. The highest BCUT2D eigenvalue weighted by Crippen LogP contribution is 2.23. The minimum absolute atomic E-state index is 0.164. The van der Waals surface area contributed by atoms with Crippen LogP contribution >= 0.6 is 0 Å². The number of aliphatic hydroxyl groups excluding tert-OH is 1. The topological polar surface area (TPSA) is 84.6 Å². The van der Waals surface area contributed by atoms with E-state index in [9.17, 15) is 9.90 Å². The zero-order chi connectivity index (χ0) is 16.1. The highest BCUT2D eigenvalue weighted by atomic mass is 16.5. The summed E-state index contributed by atoms with van der Waals surface area (Å²) in [5, 5.41) is 15.9. The molecular weight excluding hydrogens is 284 g/mol. The third-order valence-corrected chi connectivity index (χ3v) is 3.58. The van der Waals surface area contributed by atoms with Crippen molar-refractivity contribution in [2.24, 2.45) is 0 Å². The van der Waals surface area contributed by atoms with Crippen LogP contribution in [0.1, 0.15) is 48.0 Å². The smallest absolute Gasteiger partial charge is 0.294 e. The molecule has 0 aliphatic carbocycles. The van der Waals surface area contributed by atoms with E-state index in [2.05, 4.69) is 10.5 Å². The van der Waals surface area contributed by atoms with Gasteiger partial charge in [-0.05, 0) is 24.6 Å². The van der Waals surface area contributed by atoms with E-state index >= 15 is 0 Å². The summed E-state index contributed by atoms with van der Waals surface area (Å²) in [5.41, 5.74) is 1.91. The maximum atomic E-state index is 12.2. The number of nitrogens with one attached hydrogen (secondary N) is 1. The summed E-state index contributed by atoms with van der Waals surface area (Å²) in [6, 6.07) is 6.69. The third-order valence-electron chi connectivity index (χ3n) is 3.58. The maximum Gasteiger partial charge on any atom is 0.294 e. The van der Waals surface area contributed by atoms with Gasteiger partial charge in [-0.25, -0.2) is 0 Å². The Hall–Kier alpha value is -2.34. The fourth-order valence-electron chi connectivity index (χ4n) is 2.01. The summed E-state index contributed by atoms with van der Waals surface area (Å²) in [6.45, 7) is 3.90. The normalized spacial score (nSPS) is 12.0. The fraction of sp³-hybridized carbons (Fsp3) is 0.375. The summed E-state index contributed by atoms with van der Waals surface area (Å²) in [6.07, 6.45) is 0.923. The predicted octanol–water partition coefficient (Wildman–Crippen LogP) is 2.94. The number of aromatic nitrogens is 1. The van der Waals surface area contributed by atoms with Gasteiger partial charge in [-0.3, -0.25) is 4.79 Å². The number of carbonyl (C=O) groups excluding carboxylic acids is 1. The molecule has 6 heteroatoms. The minimum atomic E-state index is -0.379. The van der Waals surface area contributed by atoms with Gasteiger partial charge in [0, 0.05) is 23.2 Å². The molecule has 1 aromatic heterocycles. The third kappa shape index (κ3) is 3.46. The number of anilines is 1. The molecule has 1 unspecified atom stereocenters. The zero-order valence-corrected chi connectivity index (χ0v) is 12.9. The first-order chi connectivity index (χ1) is 10.6. The van der Waals surface area contributed by atoms with Gasteiger partial charge in [-0.2, -0.15) is 0 Å². The molecule has 0 spiro atoms. The monoisotopic (exact) mass is 304 g/mol. The lowest BCUT2D eigenvalue weighted by Crippen LogP contribution is -2.11. The Morgan fingerprint density at radius 3 is 2.86 bits per heavy atom. The number of amides is 1. The molecule has 0 radical (unpaired) electrons. The highest BCUT2D eigenvalue weighted by Gasteiger charge is 2.16. The molecule has 0 fully saturated rings. The lowest BCUT2D eigenvalue weighted by molar-refractivity contribution is 0.0987. The van der Waals surface area contributed by atoms with E-state index in [1.54, 1.807) is 24.3 Å². The first kappa shape index (κ1) is 16.0. The van der Waals surface area contributed by atoms with Crippen molar-refractivity contribution in [3.8, 4) is 5.75 Å². The number of rotatable bonds is 6. The molecule has 2 N–H and O–H groups in total. The largest absolute Gasteiger partial charge is 0.496 e. The molecule has 1 aromatic carbocycles. The van der Waals surface area contributed by atoms with Crippen LogP contribution in [0.25, 0.3) is 0 Å². The number of carbonyl (C=O) groups is 1. The number of methoxy groups -OCH3 is 1. The second kappa shape index (κ2) is 7.09. The Balaban J connectivity index is 2.13. The zero-order valence-electron chi connectivity index (χ0n) is 12.9. The molecular formula is C16H20N2O4. The maximum absolute atomic E-state index is 12.2. The van der Waals surface area contributed by atoms with E-state index in [4.69, 9.17) is 9.26 Å². The molecule has 118 valence electrons. The van der Waals surface area contributed by atoms with Crippen LogP contribution < -0.4 is 10.1 Å². The minimum Gasteiger partial charge on any atom is -0.496 e. The van der Waals surface area contributed by atoms with Crippen molar-refractivity contribution in [3.05, 3.63) is 41.3 Å². The van der Waals surface area contributed by atoms with Gasteiger partial charge >= 0.3 is 0 Å². The van der Waals surface area contributed by atoms with Crippen LogP contribution in [0.15, 0.2) is 28.8 Å². The first-order valence-electron chi connectivity index (χ1n) is 7.14. The molecule has 1 atom stereocenters. The van der Waals surface area contributed by atoms with Gasteiger partial charge < -0.3 is 19.7 Å². The van der Waals surface area contributed by atoms with Crippen molar-refractivity contribution < 1.29 is 19.2 Å². The molecule has 0 aliphatic heterocycles. The fourth-order valence-corrected chi connectivity index (χ4v) is 2.01. The molecule has 6 nitrogen and oxygen atoms in total. The SMILES string of the molecule is CCC(C)c1cc(C(=O)Nc2ccc(OC)c(CO)c2)on1. The quantitative estimate of drug-likeness (QED) is 0.857. The van der Waals surface area contributed by atoms with E-state index in [-0.39, 0.29) is 24.2 Å². The van der Waals surface area contributed by atoms with Gasteiger partial charge in [-0.15, -0.1) is 0 Å². The molecule has 0 saturated heterocycles.